The molecule has 6 nitrogen and oxygen atoms in total. The fraction of sp³-hybridized carbons (Fsp3) is 0.467. The Morgan fingerprint density at radius 3 is 2.71 bits per heavy atom. The van der Waals surface area contributed by atoms with Crippen LogP contribution in [0.2, 0.25) is 0 Å². The second kappa shape index (κ2) is 6.47. The Hall–Kier alpha value is -2.24. The van der Waals surface area contributed by atoms with E-state index in [9.17, 15) is 0 Å². The molecular formula is C15H20N6. The summed E-state index contributed by atoms with van der Waals surface area (Å²) in [6.07, 6.45) is 8.80. The molecule has 0 saturated carbocycles. The largest absolute Gasteiger partial charge is 0.355 e. The van der Waals surface area contributed by atoms with Crippen molar-refractivity contribution in [1.29, 1.82) is 0 Å². The molecular weight excluding hydrogens is 264 g/mol. The van der Waals surface area contributed by atoms with Crippen molar-refractivity contribution in [3.05, 3.63) is 36.3 Å². The summed E-state index contributed by atoms with van der Waals surface area (Å²) >= 11 is 0. The quantitative estimate of drug-likeness (QED) is 0.830. The van der Waals surface area contributed by atoms with Crippen LogP contribution in [0, 0.1) is 0 Å². The monoisotopic (exact) mass is 284 g/mol. The first-order valence-corrected chi connectivity index (χ1v) is 7.37. The molecule has 6 heteroatoms. The van der Waals surface area contributed by atoms with Crippen LogP contribution in [0.5, 0.6) is 0 Å². The predicted octanol–water partition coefficient (Wildman–Crippen LogP) is 1.55. The van der Waals surface area contributed by atoms with E-state index in [-0.39, 0.29) is 0 Å². The Morgan fingerprint density at radius 2 is 1.95 bits per heavy atom. The van der Waals surface area contributed by atoms with Gasteiger partial charge < -0.3 is 9.80 Å². The number of anilines is 2. The normalized spacial score (nSPS) is 14.4. The third kappa shape index (κ3) is 3.45. The van der Waals surface area contributed by atoms with E-state index in [1.807, 2.05) is 36.5 Å². The summed E-state index contributed by atoms with van der Waals surface area (Å²) in [6, 6.07) is 4.07. The molecule has 0 N–H and O–H groups in total. The third-order valence-electron chi connectivity index (χ3n) is 3.79. The zero-order chi connectivity index (χ0) is 14.5. The number of likely N-dealkylation sites (N-methyl/N-ethyl adjacent to an activating group) is 1. The van der Waals surface area contributed by atoms with Gasteiger partial charge in [-0.05, 0) is 37.0 Å². The number of pyridine rings is 1. The Kier molecular flexibility index (Phi) is 4.23. The topological polar surface area (TPSA) is 58.0 Å². The van der Waals surface area contributed by atoms with Gasteiger partial charge in [0.2, 0.25) is 5.95 Å². The average molecular weight is 284 g/mol. The van der Waals surface area contributed by atoms with Crippen molar-refractivity contribution in [3.63, 3.8) is 0 Å². The van der Waals surface area contributed by atoms with Gasteiger partial charge in [0.05, 0.1) is 6.20 Å². The number of hydrogen-bond donors (Lipinski definition) is 0. The maximum atomic E-state index is 4.63. The highest BCUT2D eigenvalue weighted by atomic mass is 15.3. The first-order chi connectivity index (χ1) is 10.3. The highest BCUT2D eigenvalue weighted by molar-refractivity contribution is 5.42. The second-order valence-electron chi connectivity index (χ2n) is 5.34. The van der Waals surface area contributed by atoms with Crippen molar-refractivity contribution in [2.24, 2.45) is 0 Å². The van der Waals surface area contributed by atoms with Crippen LogP contribution in [-0.4, -0.2) is 46.8 Å². The van der Waals surface area contributed by atoms with Crippen molar-refractivity contribution < 1.29 is 0 Å². The molecule has 0 spiro atoms. The molecule has 0 aromatic carbocycles. The molecule has 0 aliphatic carbocycles. The number of rotatable bonds is 5. The van der Waals surface area contributed by atoms with Gasteiger partial charge in [0, 0.05) is 39.1 Å². The molecule has 1 fully saturated rings. The summed E-state index contributed by atoms with van der Waals surface area (Å²) in [4.78, 5) is 13.0. The fourth-order valence-electron chi connectivity index (χ4n) is 2.49. The molecule has 3 heterocycles. The molecule has 1 aliphatic heterocycles. The summed E-state index contributed by atoms with van der Waals surface area (Å²) < 4.78 is 0. The van der Waals surface area contributed by atoms with E-state index in [1.165, 1.54) is 18.4 Å². The van der Waals surface area contributed by atoms with Crippen LogP contribution < -0.4 is 9.80 Å². The van der Waals surface area contributed by atoms with Crippen LogP contribution >= 0.6 is 0 Å². The summed E-state index contributed by atoms with van der Waals surface area (Å²) in [5.74, 6) is 1.63. The van der Waals surface area contributed by atoms with Crippen molar-refractivity contribution >= 4 is 11.8 Å². The highest BCUT2D eigenvalue weighted by Gasteiger charge is 2.15. The Labute approximate surface area is 124 Å². The first kappa shape index (κ1) is 13.7. The zero-order valence-electron chi connectivity index (χ0n) is 12.3. The van der Waals surface area contributed by atoms with Crippen molar-refractivity contribution in [2.75, 3.05) is 36.5 Å². The Bertz CT molecular complexity index is 567. The molecule has 0 atom stereocenters. The average Bonchev–Trinajstić information content (AvgIpc) is 3.08. The van der Waals surface area contributed by atoms with Crippen LogP contribution in [-0.2, 0) is 6.42 Å². The molecule has 110 valence electrons. The van der Waals surface area contributed by atoms with E-state index in [0.29, 0.717) is 5.95 Å². The van der Waals surface area contributed by atoms with E-state index in [2.05, 4.69) is 25.1 Å². The number of hydrogen-bond acceptors (Lipinski definition) is 6. The standard InChI is InChI=1S/C15H20N6/c1-20(11-6-13-4-7-16-8-5-13)15-18-14(12-17-19-15)21-9-2-3-10-21/h4-5,7-8,12H,2-3,6,9-11H2,1H3. The molecule has 3 rings (SSSR count). The molecule has 0 unspecified atom stereocenters. The summed E-state index contributed by atoms with van der Waals surface area (Å²) in [5, 5.41) is 8.25. The maximum Gasteiger partial charge on any atom is 0.247 e. The van der Waals surface area contributed by atoms with Gasteiger partial charge in [-0.2, -0.15) is 10.1 Å². The predicted molar refractivity (Wildman–Crippen MR) is 82.5 cm³/mol. The van der Waals surface area contributed by atoms with E-state index in [0.717, 1.165) is 31.9 Å². The van der Waals surface area contributed by atoms with E-state index >= 15 is 0 Å². The van der Waals surface area contributed by atoms with Gasteiger partial charge >= 0.3 is 0 Å². The van der Waals surface area contributed by atoms with Gasteiger partial charge in [-0.3, -0.25) is 4.98 Å². The third-order valence-corrected chi connectivity index (χ3v) is 3.79. The minimum atomic E-state index is 0.688. The van der Waals surface area contributed by atoms with E-state index in [1.54, 1.807) is 6.20 Å². The summed E-state index contributed by atoms with van der Waals surface area (Å²) in [6.45, 7) is 2.99. The smallest absolute Gasteiger partial charge is 0.247 e. The number of nitrogens with zero attached hydrogens (tertiary/aromatic N) is 6. The van der Waals surface area contributed by atoms with Crippen LogP contribution in [0.1, 0.15) is 18.4 Å². The summed E-state index contributed by atoms with van der Waals surface area (Å²) in [5.41, 5.74) is 1.26. The molecule has 2 aromatic heterocycles. The van der Waals surface area contributed by atoms with Gasteiger partial charge in [-0.25, -0.2) is 0 Å². The van der Waals surface area contributed by atoms with Gasteiger partial charge in [0.1, 0.15) is 0 Å². The Morgan fingerprint density at radius 1 is 1.19 bits per heavy atom. The second-order valence-corrected chi connectivity index (χ2v) is 5.34. The van der Waals surface area contributed by atoms with Gasteiger partial charge in [0.15, 0.2) is 5.82 Å². The molecule has 1 saturated heterocycles. The van der Waals surface area contributed by atoms with Crippen LogP contribution in [0.3, 0.4) is 0 Å². The van der Waals surface area contributed by atoms with E-state index in [4.69, 9.17) is 0 Å². The van der Waals surface area contributed by atoms with Crippen molar-refractivity contribution in [2.45, 2.75) is 19.3 Å². The minimum Gasteiger partial charge on any atom is -0.355 e. The van der Waals surface area contributed by atoms with Gasteiger partial charge in [-0.15, -0.1) is 5.10 Å². The summed E-state index contributed by atoms with van der Waals surface area (Å²) in [7, 11) is 2.01. The van der Waals surface area contributed by atoms with Gasteiger partial charge in [-0.1, -0.05) is 0 Å². The number of aromatic nitrogens is 4. The molecule has 0 bridgehead atoms. The molecule has 21 heavy (non-hydrogen) atoms. The Balaban J connectivity index is 1.64. The maximum absolute atomic E-state index is 4.63. The van der Waals surface area contributed by atoms with Crippen LogP contribution in [0.15, 0.2) is 30.7 Å². The minimum absolute atomic E-state index is 0.688. The van der Waals surface area contributed by atoms with Gasteiger partial charge in [0.25, 0.3) is 0 Å². The van der Waals surface area contributed by atoms with Crippen LogP contribution in [0.25, 0.3) is 0 Å². The first-order valence-electron chi connectivity index (χ1n) is 7.37. The lowest BCUT2D eigenvalue weighted by Crippen LogP contribution is -2.25. The SMILES string of the molecule is CN(CCc1ccncc1)c1nncc(N2CCCC2)n1. The van der Waals surface area contributed by atoms with Crippen molar-refractivity contribution in [1.82, 2.24) is 20.2 Å². The van der Waals surface area contributed by atoms with E-state index < -0.39 is 0 Å². The lowest BCUT2D eigenvalue weighted by atomic mass is 10.2. The molecule has 0 radical (unpaired) electrons. The molecule has 0 amide bonds. The highest BCUT2D eigenvalue weighted by Crippen LogP contribution is 2.18. The lowest BCUT2D eigenvalue weighted by Gasteiger charge is -2.20. The zero-order valence-corrected chi connectivity index (χ0v) is 12.3. The molecule has 2 aromatic rings. The lowest BCUT2D eigenvalue weighted by molar-refractivity contribution is 0.798. The van der Waals surface area contributed by atoms with Crippen LogP contribution in [0.4, 0.5) is 11.8 Å². The van der Waals surface area contributed by atoms with Crippen molar-refractivity contribution in [3.8, 4) is 0 Å². The molecule has 1 aliphatic rings. The fourth-order valence-corrected chi connectivity index (χ4v) is 2.49.